The highest BCUT2D eigenvalue weighted by molar-refractivity contribution is 14.0. The van der Waals surface area contributed by atoms with Gasteiger partial charge in [-0.05, 0) is 35.9 Å². The summed E-state index contributed by atoms with van der Waals surface area (Å²) in [5, 5.41) is 6.03. The minimum atomic E-state index is -0.487. The van der Waals surface area contributed by atoms with Crippen molar-refractivity contribution in [2.45, 2.75) is 13.1 Å². The molecule has 1 amide bonds. The molecule has 2 rings (SSSR count). The van der Waals surface area contributed by atoms with Crippen LogP contribution in [0, 0.1) is 11.6 Å². The van der Waals surface area contributed by atoms with E-state index in [1.807, 2.05) is 12.1 Å². The standard InChI is InChI=1S/C19H22F2N4O.HI/c1-22-19(24-12-15-10-16(20)8-9-17(15)21)23-11-13-4-6-14(7-5-13)18(26)25(2)3;/h4-10H,11-12H2,1-3H3,(H2,22,23,24);1H. The second-order valence-electron chi connectivity index (χ2n) is 5.91. The first-order valence-electron chi connectivity index (χ1n) is 8.09. The SMILES string of the molecule is CN=C(NCc1ccc(C(=O)N(C)C)cc1)NCc1cc(F)ccc1F.I. The number of hydrogen-bond donors (Lipinski definition) is 2. The predicted molar refractivity (Wildman–Crippen MR) is 113 cm³/mol. The molecule has 8 heteroatoms. The molecule has 2 aromatic carbocycles. The van der Waals surface area contributed by atoms with Crippen LogP contribution in [0.3, 0.4) is 0 Å². The minimum absolute atomic E-state index is 0. The molecule has 0 aliphatic heterocycles. The summed E-state index contributed by atoms with van der Waals surface area (Å²) < 4.78 is 26.8. The normalized spacial score (nSPS) is 10.8. The first-order chi connectivity index (χ1) is 12.4. The third-order valence-corrected chi connectivity index (χ3v) is 3.74. The van der Waals surface area contributed by atoms with Crippen LogP contribution in [0.5, 0.6) is 0 Å². The van der Waals surface area contributed by atoms with Crippen LogP contribution in [0.4, 0.5) is 8.78 Å². The van der Waals surface area contributed by atoms with E-state index in [1.165, 1.54) is 4.90 Å². The summed E-state index contributed by atoms with van der Waals surface area (Å²) in [5.41, 5.74) is 1.79. The third kappa shape index (κ3) is 6.78. The number of nitrogens with one attached hydrogen (secondary N) is 2. The average molecular weight is 488 g/mol. The molecule has 0 saturated heterocycles. The number of aliphatic imine (C=N–C) groups is 1. The van der Waals surface area contributed by atoms with E-state index in [0.717, 1.165) is 23.8 Å². The first kappa shape index (κ1) is 22.8. The molecule has 0 radical (unpaired) electrons. The predicted octanol–water partition coefficient (Wildman–Crippen LogP) is 3.15. The molecular weight excluding hydrogens is 465 g/mol. The molecular formula is C19H23F2IN4O. The quantitative estimate of drug-likeness (QED) is 0.387. The van der Waals surface area contributed by atoms with E-state index >= 15 is 0 Å². The lowest BCUT2D eigenvalue weighted by Crippen LogP contribution is -2.36. The van der Waals surface area contributed by atoms with Crippen molar-refractivity contribution in [3.05, 3.63) is 70.8 Å². The number of amides is 1. The van der Waals surface area contributed by atoms with Crippen molar-refractivity contribution in [2.24, 2.45) is 4.99 Å². The van der Waals surface area contributed by atoms with Gasteiger partial charge in [-0.1, -0.05) is 12.1 Å². The number of benzene rings is 2. The molecule has 146 valence electrons. The van der Waals surface area contributed by atoms with Gasteiger partial charge in [-0.25, -0.2) is 8.78 Å². The van der Waals surface area contributed by atoms with Crippen molar-refractivity contribution in [1.82, 2.24) is 15.5 Å². The van der Waals surface area contributed by atoms with E-state index in [0.29, 0.717) is 18.1 Å². The summed E-state index contributed by atoms with van der Waals surface area (Å²) >= 11 is 0. The number of halogens is 3. The van der Waals surface area contributed by atoms with E-state index < -0.39 is 11.6 Å². The summed E-state index contributed by atoms with van der Waals surface area (Å²) in [6, 6.07) is 10.5. The smallest absolute Gasteiger partial charge is 0.253 e. The molecule has 0 aliphatic rings. The van der Waals surface area contributed by atoms with Crippen molar-refractivity contribution >= 4 is 35.8 Å². The molecule has 0 aromatic heterocycles. The van der Waals surface area contributed by atoms with Gasteiger partial charge >= 0.3 is 0 Å². The van der Waals surface area contributed by atoms with Crippen LogP contribution in [0.2, 0.25) is 0 Å². The van der Waals surface area contributed by atoms with Gasteiger partial charge in [-0.3, -0.25) is 9.79 Å². The Labute approximate surface area is 174 Å². The van der Waals surface area contributed by atoms with Gasteiger partial charge in [0.1, 0.15) is 11.6 Å². The summed E-state index contributed by atoms with van der Waals surface area (Å²) in [6.45, 7) is 0.585. The van der Waals surface area contributed by atoms with Gasteiger partial charge in [0, 0.05) is 45.4 Å². The number of hydrogen-bond acceptors (Lipinski definition) is 2. The molecule has 0 bridgehead atoms. The fraction of sp³-hybridized carbons (Fsp3) is 0.263. The van der Waals surface area contributed by atoms with Gasteiger partial charge in [0.2, 0.25) is 0 Å². The Bertz CT molecular complexity index is 795. The maximum Gasteiger partial charge on any atom is 0.253 e. The maximum atomic E-state index is 13.6. The molecule has 0 fully saturated rings. The molecule has 5 nitrogen and oxygen atoms in total. The Morgan fingerprint density at radius 2 is 1.67 bits per heavy atom. The molecule has 27 heavy (non-hydrogen) atoms. The second kappa shape index (κ2) is 10.8. The average Bonchev–Trinajstić information content (AvgIpc) is 2.64. The zero-order valence-corrected chi connectivity index (χ0v) is 17.8. The highest BCUT2D eigenvalue weighted by atomic mass is 127. The molecule has 2 N–H and O–H groups in total. The van der Waals surface area contributed by atoms with Crippen molar-refractivity contribution in [1.29, 1.82) is 0 Å². The van der Waals surface area contributed by atoms with Gasteiger partial charge in [-0.2, -0.15) is 0 Å². The van der Waals surface area contributed by atoms with Gasteiger partial charge in [0.25, 0.3) is 5.91 Å². The van der Waals surface area contributed by atoms with Crippen LogP contribution in [0.15, 0.2) is 47.5 Å². The zero-order chi connectivity index (χ0) is 19.1. The molecule has 0 saturated carbocycles. The van der Waals surface area contributed by atoms with Crippen molar-refractivity contribution < 1.29 is 13.6 Å². The zero-order valence-electron chi connectivity index (χ0n) is 15.4. The monoisotopic (exact) mass is 488 g/mol. The highest BCUT2D eigenvalue weighted by Gasteiger charge is 2.08. The molecule has 0 unspecified atom stereocenters. The first-order valence-corrected chi connectivity index (χ1v) is 8.09. The van der Waals surface area contributed by atoms with Gasteiger partial charge in [0.15, 0.2) is 5.96 Å². The Morgan fingerprint density at radius 3 is 2.26 bits per heavy atom. The lowest BCUT2D eigenvalue weighted by Gasteiger charge is -2.13. The largest absolute Gasteiger partial charge is 0.352 e. The Morgan fingerprint density at radius 1 is 1.04 bits per heavy atom. The molecule has 2 aromatic rings. The Kier molecular flexibility index (Phi) is 9.13. The molecule has 0 atom stereocenters. The highest BCUT2D eigenvalue weighted by Crippen LogP contribution is 2.09. The van der Waals surface area contributed by atoms with Crippen LogP contribution >= 0.6 is 24.0 Å². The molecule has 0 aliphatic carbocycles. The topological polar surface area (TPSA) is 56.7 Å². The van der Waals surface area contributed by atoms with Crippen molar-refractivity contribution in [3.63, 3.8) is 0 Å². The van der Waals surface area contributed by atoms with Gasteiger partial charge < -0.3 is 15.5 Å². The number of carbonyl (C=O) groups excluding carboxylic acids is 1. The summed E-state index contributed by atoms with van der Waals surface area (Å²) in [5.74, 6) is -0.560. The van der Waals surface area contributed by atoms with E-state index in [4.69, 9.17) is 0 Å². The lowest BCUT2D eigenvalue weighted by atomic mass is 10.1. The van der Waals surface area contributed by atoms with Crippen molar-refractivity contribution in [3.8, 4) is 0 Å². The molecule has 0 spiro atoms. The number of rotatable bonds is 5. The number of carbonyl (C=O) groups is 1. The van der Waals surface area contributed by atoms with Crippen LogP contribution < -0.4 is 10.6 Å². The lowest BCUT2D eigenvalue weighted by molar-refractivity contribution is 0.0827. The summed E-state index contributed by atoms with van der Waals surface area (Å²) in [4.78, 5) is 17.4. The second-order valence-corrected chi connectivity index (χ2v) is 5.91. The Hall–Kier alpha value is -2.23. The molecule has 0 heterocycles. The van der Waals surface area contributed by atoms with Gasteiger partial charge in [0.05, 0.1) is 0 Å². The van der Waals surface area contributed by atoms with Gasteiger partial charge in [-0.15, -0.1) is 24.0 Å². The summed E-state index contributed by atoms with van der Waals surface area (Å²) in [7, 11) is 5.00. The van der Waals surface area contributed by atoms with E-state index in [-0.39, 0.29) is 42.0 Å². The van der Waals surface area contributed by atoms with Crippen LogP contribution in [0.25, 0.3) is 0 Å². The van der Waals surface area contributed by atoms with Crippen LogP contribution in [-0.2, 0) is 13.1 Å². The number of nitrogens with zero attached hydrogens (tertiary/aromatic N) is 2. The van der Waals surface area contributed by atoms with Crippen molar-refractivity contribution in [2.75, 3.05) is 21.1 Å². The third-order valence-electron chi connectivity index (χ3n) is 3.74. The fourth-order valence-corrected chi connectivity index (χ4v) is 2.29. The van der Waals surface area contributed by atoms with Crippen LogP contribution in [0.1, 0.15) is 21.5 Å². The van der Waals surface area contributed by atoms with E-state index in [2.05, 4.69) is 15.6 Å². The minimum Gasteiger partial charge on any atom is -0.352 e. The maximum absolute atomic E-state index is 13.6. The van der Waals surface area contributed by atoms with E-state index in [1.54, 1.807) is 33.3 Å². The fourth-order valence-electron chi connectivity index (χ4n) is 2.29. The van der Waals surface area contributed by atoms with E-state index in [9.17, 15) is 13.6 Å². The Balaban J connectivity index is 0.00000364. The number of guanidine groups is 1. The van der Waals surface area contributed by atoms with Crippen LogP contribution in [-0.4, -0.2) is 37.9 Å². The summed E-state index contributed by atoms with van der Waals surface area (Å²) in [6.07, 6.45) is 0.